The Morgan fingerprint density at radius 2 is 2.04 bits per heavy atom. The van der Waals surface area contributed by atoms with E-state index in [1.54, 1.807) is 12.1 Å². The number of nitrogens with two attached hydrogens (primary N) is 1. The highest BCUT2D eigenvalue weighted by Gasteiger charge is 2.21. The van der Waals surface area contributed by atoms with Crippen LogP contribution in [-0.2, 0) is 19.2 Å². The lowest BCUT2D eigenvalue weighted by Gasteiger charge is -2.16. The highest BCUT2D eigenvalue weighted by Crippen LogP contribution is 2.03. The Balaban J connectivity index is 2.39. The van der Waals surface area contributed by atoms with Gasteiger partial charge in [0.15, 0.2) is 0 Å². The minimum absolute atomic E-state index is 0.0160. The molecule has 1 aromatic rings. The first-order valence-electron chi connectivity index (χ1n) is 7.61. The molecular formula is C15H20N4O6S. The molecular weight excluding hydrogens is 364 g/mol. The van der Waals surface area contributed by atoms with Crippen molar-refractivity contribution in [1.82, 2.24) is 15.6 Å². The molecule has 0 saturated carbocycles. The molecule has 0 radical (unpaired) electrons. The molecule has 2 unspecified atom stereocenters. The first-order valence-corrected chi connectivity index (χ1v) is 8.24. The quantitative estimate of drug-likeness (QED) is 0.246. The maximum absolute atomic E-state index is 12.0. The van der Waals surface area contributed by atoms with Gasteiger partial charge in [-0.3, -0.25) is 14.4 Å². The summed E-state index contributed by atoms with van der Waals surface area (Å²) in [5.41, 5.74) is 5.30. The van der Waals surface area contributed by atoms with Crippen molar-refractivity contribution in [1.29, 1.82) is 0 Å². The molecule has 0 aliphatic rings. The van der Waals surface area contributed by atoms with Crippen molar-refractivity contribution < 1.29 is 29.0 Å². The molecule has 142 valence electrons. The second-order valence-corrected chi connectivity index (χ2v) is 5.51. The Morgan fingerprint density at radius 1 is 1.31 bits per heavy atom. The number of carboxylic acid groups (broad SMARTS) is 1. The van der Waals surface area contributed by atoms with Crippen molar-refractivity contribution in [3.8, 4) is 5.88 Å². The molecule has 1 aromatic heterocycles. The number of esters is 1. The number of hydrogen-bond donors (Lipinski definition) is 5. The number of aromatic nitrogens is 1. The standard InChI is InChI=1S/C15H20N4O6S/c16-9(15(23)24)4-5-11(20)19-10(8-26)14(22)18-7-13(21)25-12-3-1-2-6-17-12/h1-3,6,9-10,26H,4-5,7-8,16H2,(H,18,22)(H,19,20)(H,23,24). The van der Waals surface area contributed by atoms with Gasteiger partial charge in [0.25, 0.3) is 0 Å². The number of pyridine rings is 1. The predicted octanol–water partition coefficient (Wildman–Crippen LogP) is -1.29. The Bertz CT molecular complexity index is 642. The zero-order chi connectivity index (χ0) is 19.5. The number of hydrogen-bond acceptors (Lipinski definition) is 8. The molecule has 26 heavy (non-hydrogen) atoms. The van der Waals surface area contributed by atoms with Crippen LogP contribution in [0.5, 0.6) is 5.88 Å². The van der Waals surface area contributed by atoms with Crippen LogP contribution in [0.3, 0.4) is 0 Å². The van der Waals surface area contributed by atoms with Gasteiger partial charge < -0.3 is 26.2 Å². The Kier molecular flexibility index (Phi) is 9.09. The van der Waals surface area contributed by atoms with Crippen LogP contribution in [0, 0.1) is 0 Å². The summed E-state index contributed by atoms with van der Waals surface area (Å²) in [5.74, 6) is -3.04. The Labute approximate surface area is 154 Å². The van der Waals surface area contributed by atoms with Gasteiger partial charge in [-0.25, -0.2) is 9.78 Å². The van der Waals surface area contributed by atoms with E-state index in [0.29, 0.717) is 0 Å². The highest BCUT2D eigenvalue weighted by molar-refractivity contribution is 7.80. The van der Waals surface area contributed by atoms with Crippen molar-refractivity contribution in [2.45, 2.75) is 24.9 Å². The molecule has 0 spiro atoms. The van der Waals surface area contributed by atoms with Gasteiger partial charge in [0, 0.05) is 24.4 Å². The first kappa shape index (κ1) is 21.4. The summed E-state index contributed by atoms with van der Waals surface area (Å²) in [6.07, 6.45) is 1.22. The largest absolute Gasteiger partial charge is 0.480 e. The number of carbonyl (C=O) groups excluding carboxylic acids is 3. The molecule has 0 aliphatic carbocycles. The molecule has 0 bridgehead atoms. The molecule has 2 atom stereocenters. The van der Waals surface area contributed by atoms with E-state index < -0.39 is 42.4 Å². The number of nitrogens with zero attached hydrogens (tertiary/aromatic N) is 1. The van der Waals surface area contributed by atoms with Gasteiger partial charge in [0.05, 0.1) is 0 Å². The van der Waals surface area contributed by atoms with E-state index >= 15 is 0 Å². The number of ether oxygens (including phenoxy) is 1. The molecule has 0 aromatic carbocycles. The van der Waals surface area contributed by atoms with E-state index in [1.165, 1.54) is 12.3 Å². The molecule has 11 heteroatoms. The summed E-state index contributed by atoms with van der Waals surface area (Å²) in [5, 5.41) is 13.4. The van der Waals surface area contributed by atoms with Gasteiger partial charge in [-0.2, -0.15) is 12.6 Å². The number of carboxylic acids is 1. The maximum Gasteiger partial charge on any atom is 0.332 e. The van der Waals surface area contributed by atoms with E-state index in [1.807, 2.05) is 0 Å². The first-order chi connectivity index (χ1) is 12.3. The lowest BCUT2D eigenvalue weighted by atomic mass is 10.1. The van der Waals surface area contributed by atoms with Crippen LogP contribution in [0.2, 0.25) is 0 Å². The van der Waals surface area contributed by atoms with E-state index in [0.717, 1.165) is 0 Å². The van der Waals surface area contributed by atoms with E-state index in [9.17, 15) is 19.2 Å². The summed E-state index contributed by atoms with van der Waals surface area (Å²) in [6, 6.07) is 2.62. The zero-order valence-electron chi connectivity index (χ0n) is 13.8. The topological polar surface area (TPSA) is 161 Å². The third kappa shape index (κ3) is 7.94. The molecule has 0 aliphatic heterocycles. The van der Waals surface area contributed by atoms with Gasteiger partial charge >= 0.3 is 11.9 Å². The Hall–Kier alpha value is -2.66. The molecule has 2 amide bonds. The van der Waals surface area contributed by atoms with Crippen LogP contribution in [0.15, 0.2) is 24.4 Å². The number of amides is 2. The van der Waals surface area contributed by atoms with Crippen LogP contribution >= 0.6 is 12.6 Å². The van der Waals surface area contributed by atoms with Crippen molar-refractivity contribution in [3.05, 3.63) is 24.4 Å². The average molecular weight is 384 g/mol. The lowest BCUT2D eigenvalue weighted by Crippen LogP contribution is -2.49. The molecule has 1 heterocycles. The summed E-state index contributed by atoms with van der Waals surface area (Å²) in [7, 11) is 0. The fourth-order valence-corrected chi connectivity index (χ4v) is 1.97. The number of carbonyl (C=O) groups is 4. The average Bonchev–Trinajstić information content (AvgIpc) is 2.62. The van der Waals surface area contributed by atoms with Crippen LogP contribution in [0.4, 0.5) is 0 Å². The number of aliphatic carboxylic acids is 1. The monoisotopic (exact) mass is 384 g/mol. The predicted molar refractivity (Wildman–Crippen MR) is 93.5 cm³/mol. The molecule has 1 rings (SSSR count). The van der Waals surface area contributed by atoms with Gasteiger partial charge in [0.1, 0.15) is 18.6 Å². The third-order valence-corrected chi connectivity index (χ3v) is 3.46. The van der Waals surface area contributed by atoms with Crippen molar-refractivity contribution in [3.63, 3.8) is 0 Å². The third-order valence-electron chi connectivity index (χ3n) is 3.10. The molecule has 5 N–H and O–H groups in total. The fraction of sp³-hybridized carbons (Fsp3) is 0.400. The summed E-state index contributed by atoms with van der Waals surface area (Å²) >= 11 is 3.98. The van der Waals surface area contributed by atoms with Crippen LogP contribution in [0.1, 0.15) is 12.8 Å². The fourth-order valence-electron chi connectivity index (χ4n) is 1.71. The van der Waals surface area contributed by atoms with E-state index in [-0.39, 0.29) is 24.5 Å². The zero-order valence-corrected chi connectivity index (χ0v) is 14.6. The maximum atomic E-state index is 12.0. The van der Waals surface area contributed by atoms with Crippen LogP contribution in [0.25, 0.3) is 0 Å². The summed E-state index contributed by atoms with van der Waals surface area (Å²) in [4.78, 5) is 49.8. The number of thiol groups is 1. The molecule has 0 saturated heterocycles. The van der Waals surface area contributed by atoms with Gasteiger partial charge in [-0.15, -0.1) is 0 Å². The second kappa shape index (κ2) is 11.1. The molecule has 0 fully saturated rings. The summed E-state index contributed by atoms with van der Waals surface area (Å²) in [6.45, 7) is -0.417. The van der Waals surface area contributed by atoms with Crippen molar-refractivity contribution >= 4 is 36.4 Å². The number of rotatable bonds is 10. The van der Waals surface area contributed by atoms with E-state index in [2.05, 4.69) is 28.2 Å². The van der Waals surface area contributed by atoms with Gasteiger partial charge in [-0.1, -0.05) is 6.07 Å². The van der Waals surface area contributed by atoms with Crippen molar-refractivity contribution in [2.24, 2.45) is 5.73 Å². The SMILES string of the molecule is NC(CCC(=O)NC(CS)C(=O)NCC(=O)Oc1ccccn1)C(=O)O. The second-order valence-electron chi connectivity index (χ2n) is 5.15. The highest BCUT2D eigenvalue weighted by atomic mass is 32.1. The minimum Gasteiger partial charge on any atom is -0.480 e. The van der Waals surface area contributed by atoms with Crippen LogP contribution in [-0.4, -0.2) is 58.2 Å². The normalized spacial score (nSPS) is 12.5. The summed E-state index contributed by atoms with van der Waals surface area (Å²) < 4.78 is 4.91. The molecule has 10 nitrogen and oxygen atoms in total. The Morgan fingerprint density at radius 3 is 2.62 bits per heavy atom. The smallest absolute Gasteiger partial charge is 0.332 e. The minimum atomic E-state index is -1.22. The van der Waals surface area contributed by atoms with Gasteiger partial charge in [-0.05, 0) is 12.5 Å². The number of nitrogens with one attached hydrogen (secondary N) is 2. The van der Waals surface area contributed by atoms with E-state index in [4.69, 9.17) is 15.6 Å². The van der Waals surface area contributed by atoms with Gasteiger partial charge in [0.2, 0.25) is 17.7 Å². The van der Waals surface area contributed by atoms with Crippen LogP contribution < -0.4 is 21.1 Å². The van der Waals surface area contributed by atoms with Crippen molar-refractivity contribution in [2.75, 3.05) is 12.3 Å². The lowest BCUT2D eigenvalue weighted by molar-refractivity contribution is -0.139.